The van der Waals surface area contributed by atoms with E-state index in [1.807, 2.05) is 18.2 Å². The number of benzene rings is 2. The van der Waals surface area contributed by atoms with Crippen molar-refractivity contribution in [2.75, 3.05) is 7.11 Å². The lowest BCUT2D eigenvalue weighted by atomic mass is 9.52. The second-order valence-corrected chi connectivity index (χ2v) is 13.0. The molecule has 2 heterocycles. The monoisotopic (exact) mass is 613 g/mol. The molecule has 8 rings (SSSR count). The van der Waals surface area contributed by atoms with E-state index >= 15 is 0 Å². The molecule has 5 atom stereocenters. The number of methoxy groups -OCH3 is 1. The number of aromatic nitrogens is 2. The zero-order chi connectivity index (χ0) is 30.7. The largest absolute Gasteiger partial charge is 0.464 e. The molecule has 9 nitrogen and oxygen atoms in total. The summed E-state index contributed by atoms with van der Waals surface area (Å²) in [5.74, 6) is -0.0815. The van der Waals surface area contributed by atoms with Gasteiger partial charge in [0, 0.05) is 40.0 Å². The minimum Gasteiger partial charge on any atom is -0.464 e. The summed E-state index contributed by atoms with van der Waals surface area (Å²) < 4.78 is 8.05. The van der Waals surface area contributed by atoms with E-state index in [0.717, 1.165) is 19.3 Å². The Labute approximate surface area is 258 Å². The van der Waals surface area contributed by atoms with Gasteiger partial charge in [0.25, 0.3) is 11.5 Å². The molecule has 10 heteroatoms. The predicted molar refractivity (Wildman–Crippen MR) is 165 cm³/mol. The molecule has 0 aliphatic heterocycles. The SMILES string of the molecule is COC(=O)c1c(Cn2ccc(C(=O)N[C@H]3[C@@H]4C[C@H]5C[C@H]3C[C@](O)(C5)C4)cc2=O)c(=O)c2ccc(Cl)cc2n1-c1ccccc1. The van der Waals surface area contributed by atoms with Crippen LogP contribution in [0.4, 0.5) is 0 Å². The number of aliphatic hydroxyl groups is 1. The predicted octanol–water partition coefficient (Wildman–Crippen LogP) is 4.31. The highest BCUT2D eigenvalue weighted by Crippen LogP contribution is 2.55. The second-order valence-electron chi connectivity index (χ2n) is 12.6. The molecule has 4 saturated carbocycles. The Morgan fingerprint density at radius 3 is 2.41 bits per heavy atom. The minimum absolute atomic E-state index is 0.0178. The number of carbonyl (C=O) groups excluding carboxylic acids is 2. The molecular formula is C34H32ClN3O6. The van der Waals surface area contributed by atoms with Crippen LogP contribution in [0.3, 0.4) is 0 Å². The van der Waals surface area contributed by atoms with Crippen LogP contribution in [0.1, 0.15) is 58.5 Å². The zero-order valence-corrected chi connectivity index (χ0v) is 24.9. The number of ether oxygens (including phenoxy) is 1. The van der Waals surface area contributed by atoms with Gasteiger partial charge in [-0.05, 0) is 86.3 Å². The van der Waals surface area contributed by atoms with Gasteiger partial charge in [-0.15, -0.1) is 0 Å². The van der Waals surface area contributed by atoms with E-state index in [2.05, 4.69) is 5.32 Å². The van der Waals surface area contributed by atoms with Crippen LogP contribution < -0.4 is 16.3 Å². The molecule has 2 N–H and O–H groups in total. The first-order valence-corrected chi connectivity index (χ1v) is 15.3. The molecule has 44 heavy (non-hydrogen) atoms. The molecule has 4 fully saturated rings. The number of esters is 1. The lowest BCUT2D eigenvalue weighted by Gasteiger charge is -2.58. The van der Waals surface area contributed by atoms with Gasteiger partial charge in [-0.25, -0.2) is 4.79 Å². The van der Waals surface area contributed by atoms with Crippen molar-refractivity contribution < 1.29 is 19.4 Å². The van der Waals surface area contributed by atoms with Gasteiger partial charge >= 0.3 is 5.97 Å². The molecule has 4 bridgehead atoms. The van der Waals surface area contributed by atoms with Gasteiger partial charge in [0.1, 0.15) is 5.69 Å². The fraction of sp³-hybridized carbons (Fsp3) is 0.353. The van der Waals surface area contributed by atoms with Crippen molar-refractivity contribution in [3.05, 3.63) is 109 Å². The van der Waals surface area contributed by atoms with Gasteiger partial charge in [0.05, 0.1) is 30.3 Å². The zero-order valence-electron chi connectivity index (χ0n) is 24.2. The smallest absolute Gasteiger partial charge is 0.355 e. The van der Waals surface area contributed by atoms with Crippen molar-refractivity contribution >= 4 is 34.4 Å². The van der Waals surface area contributed by atoms with Crippen LogP contribution >= 0.6 is 11.6 Å². The van der Waals surface area contributed by atoms with Crippen molar-refractivity contribution in [3.63, 3.8) is 0 Å². The number of para-hydroxylation sites is 1. The highest BCUT2D eigenvalue weighted by Gasteiger charge is 2.55. The Morgan fingerprint density at radius 2 is 1.75 bits per heavy atom. The summed E-state index contributed by atoms with van der Waals surface area (Å²) in [6, 6.07) is 16.7. The third-order valence-electron chi connectivity index (χ3n) is 9.75. The molecule has 2 aromatic heterocycles. The summed E-state index contributed by atoms with van der Waals surface area (Å²) in [6.07, 6.45) is 5.74. The summed E-state index contributed by atoms with van der Waals surface area (Å²) in [6.45, 7) is -0.220. The minimum atomic E-state index is -0.743. The summed E-state index contributed by atoms with van der Waals surface area (Å²) in [7, 11) is 1.23. The van der Waals surface area contributed by atoms with Crippen LogP contribution in [0, 0.1) is 17.8 Å². The maximum atomic E-state index is 13.9. The number of rotatable bonds is 6. The van der Waals surface area contributed by atoms with E-state index in [1.54, 1.807) is 41.0 Å². The van der Waals surface area contributed by atoms with Crippen LogP contribution in [-0.4, -0.2) is 44.9 Å². The number of carbonyl (C=O) groups is 2. The third kappa shape index (κ3) is 4.84. The average molecular weight is 614 g/mol. The summed E-state index contributed by atoms with van der Waals surface area (Å²) in [4.78, 5) is 53.8. The van der Waals surface area contributed by atoms with Crippen LogP contribution in [0.15, 0.2) is 76.4 Å². The van der Waals surface area contributed by atoms with E-state index in [9.17, 15) is 24.3 Å². The van der Waals surface area contributed by atoms with E-state index in [1.165, 1.54) is 23.9 Å². The molecule has 4 aliphatic carbocycles. The Hall–Kier alpha value is -4.21. The standard InChI is InChI=1S/C34H32ClN3O6/c1-44-33(42)30-26(31(40)25-8-7-23(35)14-27(25)38(30)24-5-3-2-4-6-24)18-37-10-9-20(13-28(37)39)32(41)36-29-21-11-19-12-22(29)17-34(43,15-19)16-21/h2-10,13-14,19,21-22,29,43H,11-12,15-18H2,1H3,(H,36,41)/t19-,21+,22-,29-,34-. The maximum Gasteiger partial charge on any atom is 0.355 e. The molecule has 1 amide bonds. The van der Waals surface area contributed by atoms with Gasteiger partial charge in [0.15, 0.2) is 5.43 Å². The normalized spacial score (nSPS) is 25.2. The molecule has 4 aromatic rings. The molecule has 226 valence electrons. The molecular weight excluding hydrogens is 582 g/mol. The molecule has 0 unspecified atom stereocenters. The van der Waals surface area contributed by atoms with Gasteiger partial charge < -0.3 is 24.3 Å². The van der Waals surface area contributed by atoms with Gasteiger partial charge in [0.2, 0.25) is 0 Å². The highest BCUT2D eigenvalue weighted by atomic mass is 35.5. The Balaban J connectivity index is 1.24. The highest BCUT2D eigenvalue weighted by molar-refractivity contribution is 6.31. The maximum absolute atomic E-state index is 13.9. The van der Waals surface area contributed by atoms with Gasteiger partial charge in [-0.2, -0.15) is 0 Å². The van der Waals surface area contributed by atoms with E-state index < -0.39 is 22.6 Å². The lowest BCUT2D eigenvalue weighted by molar-refractivity contribution is -0.136. The van der Waals surface area contributed by atoms with E-state index in [-0.39, 0.29) is 47.2 Å². The summed E-state index contributed by atoms with van der Waals surface area (Å²) in [5.41, 5.74) is -0.211. The average Bonchev–Trinajstić information content (AvgIpc) is 3.00. The van der Waals surface area contributed by atoms with Crippen LogP contribution in [0.25, 0.3) is 16.6 Å². The number of fused-ring (bicyclic) bond motifs is 1. The van der Waals surface area contributed by atoms with Crippen LogP contribution in [0.5, 0.6) is 0 Å². The number of halogens is 1. The van der Waals surface area contributed by atoms with Gasteiger partial charge in [-0.1, -0.05) is 29.8 Å². The number of amides is 1. The Bertz CT molecular complexity index is 1920. The van der Waals surface area contributed by atoms with Crippen molar-refractivity contribution in [1.29, 1.82) is 0 Å². The Kier molecular flexibility index (Phi) is 6.98. The van der Waals surface area contributed by atoms with Gasteiger partial charge in [-0.3, -0.25) is 14.4 Å². The molecule has 0 radical (unpaired) electrons. The first-order valence-electron chi connectivity index (χ1n) is 14.9. The van der Waals surface area contributed by atoms with Crippen LogP contribution in [-0.2, 0) is 11.3 Å². The number of nitrogens with one attached hydrogen (secondary N) is 1. The summed E-state index contributed by atoms with van der Waals surface area (Å²) in [5, 5.41) is 14.8. The van der Waals surface area contributed by atoms with Crippen molar-refractivity contribution in [1.82, 2.24) is 14.5 Å². The van der Waals surface area contributed by atoms with E-state index in [4.69, 9.17) is 16.3 Å². The van der Waals surface area contributed by atoms with E-state index in [0.29, 0.717) is 40.4 Å². The number of nitrogens with zero attached hydrogens (tertiary/aromatic N) is 2. The molecule has 0 spiro atoms. The van der Waals surface area contributed by atoms with Crippen molar-refractivity contribution in [2.45, 2.75) is 50.3 Å². The number of hydrogen-bond acceptors (Lipinski definition) is 6. The third-order valence-corrected chi connectivity index (χ3v) is 9.98. The van der Waals surface area contributed by atoms with Crippen molar-refractivity contribution in [3.8, 4) is 5.69 Å². The molecule has 4 aliphatic rings. The fourth-order valence-electron chi connectivity index (χ4n) is 8.11. The van der Waals surface area contributed by atoms with Crippen molar-refractivity contribution in [2.24, 2.45) is 17.8 Å². The topological polar surface area (TPSA) is 120 Å². The number of pyridine rings is 2. The second kappa shape index (κ2) is 10.7. The Morgan fingerprint density at radius 1 is 1.02 bits per heavy atom. The number of hydrogen-bond donors (Lipinski definition) is 2. The fourth-order valence-corrected chi connectivity index (χ4v) is 8.28. The molecule has 2 aromatic carbocycles. The first kappa shape index (κ1) is 28.6. The summed E-state index contributed by atoms with van der Waals surface area (Å²) >= 11 is 6.31. The van der Waals surface area contributed by atoms with Crippen LogP contribution in [0.2, 0.25) is 5.02 Å². The lowest BCUT2D eigenvalue weighted by Crippen LogP contribution is -2.61. The quantitative estimate of drug-likeness (QED) is 0.313. The molecule has 0 saturated heterocycles. The first-order chi connectivity index (χ1) is 21.1.